The predicted octanol–water partition coefficient (Wildman–Crippen LogP) is 6.40. The molecule has 23 heavy (non-hydrogen) atoms. The quantitative estimate of drug-likeness (QED) is 0.605. The average molecular weight is 368 g/mol. The van der Waals surface area contributed by atoms with Crippen LogP contribution >= 0.6 is 15.9 Å². The molecule has 3 atom stereocenters. The van der Waals surface area contributed by atoms with Crippen molar-refractivity contribution in [2.45, 2.75) is 38.1 Å². The second kappa shape index (κ2) is 5.83. The highest BCUT2D eigenvalue weighted by Crippen LogP contribution is 2.52. The van der Waals surface area contributed by atoms with Crippen LogP contribution in [-0.2, 0) is 0 Å². The minimum absolute atomic E-state index is 0.359. The molecular weight excluding hydrogens is 346 g/mol. The van der Waals surface area contributed by atoms with Crippen molar-refractivity contribution in [3.63, 3.8) is 0 Å². The van der Waals surface area contributed by atoms with E-state index in [1.165, 1.54) is 26.9 Å². The van der Waals surface area contributed by atoms with Gasteiger partial charge in [-0.1, -0.05) is 78.3 Å². The Balaban J connectivity index is 1.86. The molecule has 4 rings (SSSR count). The smallest absolute Gasteiger partial charge is 0.0565 e. The molecule has 0 saturated carbocycles. The summed E-state index contributed by atoms with van der Waals surface area (Å²) in [6, 6.07) is 15.8. The van der Waals surface area contributed by atoms with Gasteiger partial charge in [0.05, 0.1) is 6.04 Å². The van der Waals surface area contributed by atoms with Gasteiger partial charge >= 0.3 is 0 Å². The first-order valence-electron chi connectivity index (χ1n) is 8.47. The van der Waals surface area contributed by atoms with Crippen molar-refractivity contribution in [2.24, 2.45) is 5.92 Å². The molecule has 0 unspecified atom stereocenters. The van der Waals surface area contributed by atoms with Crippen LogP contribution in [0.3, 0.4) is 0 Å². The van der Waals surface area contributed by atoms with Gasteiger partial charge in [-0.25, -0.2) is 0 Å². The summed E-state index contributed by atoms with van der Waals surface area (Å²) >= 11 is 3.76. The maximum Gasteiger partial charge on any atom is 0.0565 e. The summed E-state index contributed by atoms with van der Waals surface area (Å²) < 4.78 is 1.20. The number of fused-ring (bicyclic) bond motifs is 3. The Morgan fingerprint density at radius 1 is 1.04 bits per heavy atom. The zero-order chi connectivity index (χ0) is 16.0. The molecule has 0 amide bonds. The van der Waals surface area contributed by atoms with Crippen LogP contribution in [0.15, 0.2) is 59.1 Å². The van der Waals surface area contributed by atoms with Crippen LogP contribution in [-0.4, -0.2) is 0 Å². The highest BCUT2D eigenvalue weighted by Gasteiger charge is 2.39. The number of hydrogen-bond acceptors (Lipinski definition) is 1. The number of halogens is 1. The van der Waals surface area contributed by atoms with Gasteiger partial charge < -0.3 is 5.32 Å². The van der Waals surface area contributed by atoms with E-state index in [2.05, 4.69) is 89.7 Å². The van der Waals surface area contributed by atoms with Crippen LogP contribution in [0.25, 0.3) is 0 Å². The second-order valence-corrected chi connectivity index (χ2v) is 7.82. The fourth-order valence-corrected chi connectivity index (χ4v) is 4.69. The fraction of sp³-hybridized carbons (Fsp3) is 0.333. The number of allylic oxidation sites excluding steroid dienone is 2. The molecule has 0 spiro atoms. The van der Waals surface area contributed by atoms with Crippen molar-refractivity contribution in [1.82, 2.24) is 0 Å². The number of nitrogens with one attached hydrogen (secondary N) is 1. The third kappa shape index (κ3) is 2.44. The molecule has 0 aromatic heterocycles. The first-order valence-corrected chi connectivity index (χ1v) is 9.26. The van der Waals surface area contributed by atoms with Crippen LogP contribution in [0.1, 0.15) is 54.8 Å². The van der Waals surface area contributed by atoms with E-state index in [4.69, 9.17) is 0 Å². The van der Waals surface area contributed by atoms with Crippen molar-refractivity contribution in [2.75, 3.05) is 5.32 Å². The molecule has 0 radical (unpaired) electrons. The summed E-state index contributed by atoms with van der Waals surface area (Å²) in [6.45, 7) is 4.56. The van der Waals surface area contributed by atoms with Crippen LogP contribution in [0.2, 0.25) is 0 Å². The topological polar surface area (TPSA) is 12.0 Å². The normalized spacial score (nSPS) is 25.1. The van der Waals surface area contributed by atoms with Gasteiger partial charge in [0.25, 0.3) is 0 Å². The van der Waals surface area contributed by atoms with Gasteiger partial charge in [0, 0.05) is 16.1 Å². The summed E-state index contributed by atoms with van der Waals surface area (Å²) in [5, 5.41) is 3.91. The molecule has 2 aromatic carbocycles. The zero-order valence-electron chi connectivity index (χ0n) is 13.6. The lowest BCUT2D eigenvalue weighted by atomic mass is 9.75. The van der Waals surface area contributed by atoms with Gasteiger partial charge in [-0.2, -0.15) is 0 Å². The fourth-order valence-electron chi connectivity index (χ4n) is 4.16. The van der Waals surface area contributed by atoms with Crippen LogP contribution in [0.5, 0.6) is 0 Å². The minimum atomic E-state index is 0.359. The summed E-state index contributed by atoms with van der Waals surface area (Å²) in [6.07, 6.45) is 5.92. The van der Waals surface area contributed by atoms with Crippen molar-refractivity contribution in [3.05, 3.63) is 75.8 Å². The van der Waals surface area contributed by atoms with Crippen molar-refractivity contribution >= 4 is 21.6 Å². The van der Waals surface area contributed by atoms with Gasteiger partial charge in [0.1, 0.15) is 0 Å². The van der Waals surface area contributed by atoms with E-state index in [0.29, 0.717) is 23.8 Å². The Morgan fingerprint density at radius 3 is 2.61 bits per heavy atom. The minimum Gasteiger partial charge on any atom is -0.377 e. The first-order chi connectivity index (χ1) is 11.2. The van der Waals surface area contributed by atoms with Gasteiger partial charge in [0.2, 0.25) is 0 Å². The highest BCUT2D eigenvalue weighted by atomic mass is 79.9. The number of hydrogen-bond donors (Lipinski definition) is 1. The molecule has 0 fully saturated rings. The Hall–Kier alpha value is -1.54. The SMILES string of the molecule is CC(C)c1cccc2c1N[C@H](c1ccccc1Br)[C@H]1CC=C[C@H]21. The monoisotopic (exact) mass is 367 g/mol. The van der Waals surface area contributed by atoms with E-state index in [9.17, 15) is 0 Å². The van der Waals surface area contributed by atoms with E-state index >= 15 is 0 Å². The number of anilines is 1. The summed E-state index contributed by atoms with van der Waals surface area (Å²) in [5.74, 6) is 1.66. The van der Waals surface area contributed by atoms with E-state index in [1.54, 1.807) is 0 Å². The van der Waals surface area contributed by atoms with Crippen LogP contribution in [0, 0.1) is 5.92 Å². The predicted molar refractivity (Wildman–Crippen MR) is 101 cm³/mol. The Bertz CT molecular complexity index is 762. The first kappa shape index (κ1) is 15.0. The Kier molecular flexibility index (Phi) is 3.81. The molecule has 0 bridgehead atoms. The molecule has 2 aliphatic rings. The largest absolute Gasteiger partial charge is 0.377 e. The molecule has 2 heteroatoms. The van der Waals surface area contributed by atoms with Crippen molar-refractivity contribution in [3.8, 4) is 0 Å². The summed E-state index contributed by atoms with van der Waals surface area (Å²) in [5.41, 5.74) is 5.63. The highest BCUT2D eigenvalue weighted by molar-refractivity contribution is 9.10. The van der Waals surface area contributed by atoms with Gasteiger partial charge in [-0.3, -0.25) is 0 Å². The van der Waals surface area contributed by atoms with E-state index in [-0.39, 0.29) is 0 Å². The summed E-state index contributed by atoms with van der Waals surface area (Å²) in [7, 11) is 0. The van der Waals surface area contributed by atoms with E-state index in [1.807, 2.05) is 0 Å². The van der Waals surface area contributed by atoms with Gasteiger partial charge in [-0.15, -0.1) is 0 Å². The maximum atomic E-state index is 3.91. The summed E-state index contributed by atoms with van der Waals surface area (Å²) in [4.78, 5) is 0. The Labute approximate surface area is 146 Å². The molecule has 1 nitrogen and oxygen atoms in total. The molecule has 2 aromatic rings. The van der Waals surface area contributed by atoms with Crippen molar-refractivity contribution in [1.29, 1.82) is 0 Å². The number of para-hydroxylation sites is 1. The molecule has 1 aliphatic carbocycles. The van der Waals surface area contributed by atoms with E-state index < -0.39 is 0 Å². The van der Waals surface area contributed by atoms with Crippen molar-refractivity contribution < 1.29 is 0 Å². The molecule has 118 valence electrons. The lowest BCUT2D eigenvalue weighted by molar-refractivity contribution is 0.423. The second-order valence-electron chi connectivity index (χ2n) is 6.96. The average Bonchev–Trinajstić information content (AvgIpc) is 3.04. The number of benzene rings is 2. The molecular formula is C21H22BrN. The molecule has 1 aliphatic heterocycles. The maximum absolute atomic E-state index is 3.91. The molecule has 1 N–H and O–H groups in total. The lowest BCUT2D eigenvalue weighted by Crippen LogP contribution is -2.30. The van der Waals surface area contributed by atoms with Gasteiger partial charge in [-0.05, 0) is 41.0 Å². The standard InChI is InChI=1S/C21H22BrN/c1-13(2)14-8-5-10-16-15-9-6-11-17(15)21(23-20(14)16)18-7-3-4-12-19(18)22/h3-10,12-13,15,17,21,23H,11H2,1-2H3/t15-,17+,21+/m1/s1. The van der Waals surface area contributed by atoms with Gasteiger partial charge in [0.15, 0.2) is 0 Å². The zero-order valence-corrected chi connectivity index (χ0v) is 15.2. The Morgan fingerprint density at radius 2 is 1.83 bits per heavy atom. The molecule has 0 saturated heterocycles. The van der Waals surface area contributed by atoms with Crippen LogP contribution < -0.4 is 5.32 Å². The third-order valence-electron chi connectivity index (χ3n) is 5.29. The lowest BCUT2D eigenvalue weighted by Gasteiger charge is -2.39. The molecule has 1 heterocycles. The number of rotatable bonds is 2. The third-order valence-corrected chi connectivity index (χ3v) is 6.01. The van der Waals surface area contributed by atoms with Crippen LogP contribution in [0.4, 0.5) is 5.69 Å². The van der Waals surface area contributed by atoms with E-state index in [0.717, 1.165) is 6.42 Å².